The van der Waals surface area contributed by atoms with Crippen LogP contribution in [0.3, 0.4) is 0 Å². The molecule has 0 unspecified atom stereocenters. The summed E-state index contributed by atoms with van der Waals surface area (Å²) in [5.41, 5.74) is -0.618. The van der Waals surface area contributed by atoms with Crippen molar-refractivity contribution in [1.82, 2.24) is 9.97 Å². The number of aliphatic carboxylic acids is 1. The molecule has 34 heavy (non-hydrogen) atoms. The summed E-state index contributed by atoms with van der Waals surface area (Å²) in [7, 11) is 0. The second kappa shape index (κ2) is 9.45. The van der Waals surface area contributed by atoms with Crippen molar-refractivity contribution < 1.29 is 41.0 Å². The highest BCUT2D eigenvalue weighted by Gasteiger charge is 2.33. The number of carboxylic acids is 1. The third-order valence-corrected chi connectivity index (χ3v) is 4.30. The van der Waals surface area contributed by atoms with E-state index in [0.29, 0.717) is 0 Å². The lowest BCUT2D eigenvalue weighted by Gasteiger charge is -2.15. The Bertz CT molecular complexity index is 1200. The molecular formula is C21H16F6N4O3. The zero-order valence-electron chi connectivity index (χ0n) is 17.3. The summed E-state index contributed by atoms with van der Waals surface area (Å²) in [5.74, 6) is -2.01. The van der Waals surface area contributed by atoms with Gasteiger partial charge >= 0.3 is 18.5 Å². The van der Waals surface area contributed by atoms with Gasteiger partial charge in [-0.2, -0.15) is 18.2 Å². The van der Waals surface area contributed by atoms with E-state index >= 15 is 0 Å². The molecule has 3 rings (SSSR count). The minimum absolute atomic E-state index is 0.00622. The Morgan fingerprint density at radius 2 is 1.76 bits per heavy atom. The summed E-state index contributed by atoms with van der Waals surface area (Å²) in [6.07, 6.45) is -9.52. The average Bonchev–Trinajstić information content (AvgIpc) is 2.72. The van der Waals surface area contributed by atoms with E-state index in [-0.39, 0.29) is 34.3 Å². The van der Waals surface area contributed by atoms with Gasteiger partial charge in [0.25, 0.3) is 0 Å². The topological polar surface area (TPSA) is 96.4 Å². The smallest absolute Gasteiger partial charge is 0.480 e. The molecule has 13 heteroatoms. The number of nitrogens with one attached hydrogen (secondary N) is 2. The molecule has 0 saturated heterocycles. The van der Waals surface area contributed by atoms with Crippen molar-refractivity contribution in [2.45, 2.75) is 19.5 Å². The SMILES string of the molecule is Cc1ccc(Nc2cc(-c3cccc(OC(F)(F)F)c3)nc(NCC(=O)O)n2)cc1C(F)(F)F. The first-order valence-corrected chi connectivity index (χ1v) is 9.46. The van der Waals surface area contributed by atoms with Gasteiger partial charge in [-0.25, -0.2) is 4.98 Å². The van der Waals surface area contributed by atoms with Gasteiger partial charge in [0.2, 0.25) is 5.95 Å². The molecule has 0 amide bonds. The van der Waals surface area contributed by atoms with E-state index in [1.165, 1.54) is 37.3 Å². The number of benzene rings is 2. The Morgan fingerprint density at radius 3 is 2.41 bits per heavy atom. The van der Waals surface area contributed by atoms with Crippen LogP contribution < -0.4 is 15.4 Å². The number of hydrogen-bond donors (Lipinski definition) is 3. The number of rotatable bonds is 7. The predicted octanol–water partition coefficient (Wildman–Crippen LogP) is 5.61. The quantitative estimate of drug-likeness (QED) is 0.374. The lowest BCUT2D eigenvalue weighted by molar-refractivity contribution is -0.274. The first kappa shape index (κ1) is 24.6. The van der Waals surface area contributed by atoms with Gasteiger partial charge in [0.1, 0.15) is 18.1 Å². The molecule has 0 radical (unpaired) electrons. The fourth-order valence-electron chi connectivity index (χ4n) is 2.90. The number of carboxylic acid groups (broad SMARTS) is 1. The lowest BCUT2D eigenvalue weighted by Crippen LogP contribution is -2.17. The highest BCUT2D eigenvalue weighted by molar-refractivity contribution is 5.73. The largest absolute Gasteiger partial charge is 0.573 e. The Labute approximate surface area is 188 Å². The molecule has 0 atom stereocenters. The lowest BCUT2D eigenvalue weighted by atomic mass is 10.1. The van der Waals surface area contributed by atoms with Crippen molar-refractivity contribution in [3.63, 3.8) is 0 Å². The Hall–Kier alpha value is -4.03. The molecule has 0 saturated carbocycles. The Kier molecular flexibility index (Phi) is 6.84. The van der Waals surface area contributed by atoms with Gasteiger partial charge in [0.05, 0.1) is 11.3 Å². The number of nitrogens with zero attached hydrogens (tertiary/aromatic N) is 2. The highest BCUT2D eigenvalue weighted by Crippen LogP contribution is 2.34. The number of anilines is 3. The summed E-state index contributed by atoms with van der Waals surface area (Å²) in [6, 6.07) is 9.63. The zero-order chi connectivity index (χ0) is 25.1. The number of halogens is 6. The van der Waals surface area contributed by atoms with E-state index in [1.54, 1.807) is 0 Å². The molecule has 2 aromatic carbocycles. The molecule has 0 bridgehead atoms. The molecular weight excluding hydrogens is 470 g/mol. The van der Waals surface area contributed by atoms with Crippen molar-refractivity contribution in [1.29, 1.82) is 0 Å². The second-order valence-corrected chi connectivity index (χ2v) is 6.94. The molecule has 0 aliphatic rings. The van der Waals surface area contributed by atoms with Crippen LogP contribution in [0, 0.1) is 6.92 Å². The average molecular weight is 486 g/mol. The van der Waals surface area contributed by atoms with E-state index in [4.69, 9.17) is 5.11 Å². The van der Waals surface area contributed by atoms with E-state index in [0.717, 1.165) is 18.2 Å². The van der Waals surface area contributed by atoms with Crippen molar-refractivity contribution in [2.24, 2.45) is 0 Å². The van der Waals surface area contributed by atoms with Crippen LogP contribution in [0.4, 0.5) is 43.8 Å². The number of carbonyl (C=O) groups is 1. The Balaban J connectivity index is 2.00. The van der Waals surface area contributed by atoms with Gasteiger partial charge in [-0.3, -0.25) is 4.79 Å². The van der Waals surface area contributed by atoms with E-state index in [2.05, 4.69) is 25.3 Å². The third-order valence-electron chi connectivity index (χ3n) is 4.30. The number of alkyl halides is 6. The minimum Gasteiger partial charge on any atom is -0.480 e. The van der Waals surface area contributed by atoms with Gasteiger partial charge in [0.15, 0.2) is 0 Å². The molecule has 1 heterocycles. The molecule has 0 aliphatic heterocycles. The van der Waals surface area contributed by atoms with Crippen molar-refractivity contribution in [2.75, 3.05) is 17.2 Å². The van der Waals surface area contributed by atoms with Crippen LogP contribution in [0.25, 0.3) is 11.3 Å². The maximum absolute atomic E-state index is 13.2. The fourth-order valence-corrected chi connectivity index (χ4v) is 2.90. The van der Waals surface area contributed by atoms with Gasteiger partial charge in [-0.15, -0.1) is 13.2 Å². The summed E-state index contributed by atoms with van der Waals surface area (Å²) >= 11 is 0. The number of aryl methyl sites for hydroxylation is 1. The van der Waals surface area contributed by atoms with E-state index in [1.807, 2.05) is 0 Å². The molecule has 1 aromatic heterocycles. The first-order valence-electron chi connectivity index (χ1n) is 9.46. The monoisotopic (exact) mass is 486 g/mol. The van der Waals surface area contributed by atoms with Crippen LogP contribution in [0.1, 0.15) is 11.1 Å². The van der Waals surface area contributed by atoms with Crippen LogP contribution in [0.15, 0.2) is 48.5 Å². The van der Waals surface area contributed by atoms with Crippen LogP contribution in [0.2, 0.25) is 0 Å². The van der Waals surface area contributed by atoms with Gasteiger partial charge in [0, 0.05) is 17.3 Å². The van der Waals surface area contributed by atoms with Gasteiger partial charge in [-0.1, -0.05) is 18.2 Å². The van der Waals surface area contributed by atoms with Crippen molar-refractivity contribution in [3.8, 4) is 17.0 Å². The maximum atomic E-state index is 13.2. The summed E-state index contributed by atoms with van der Waals surface area (Å²) in [5, 5.41) is 14.0. The minimum atomic E-state index is -4.92. The molecule has 3 aromatic rings. The molecule has 3 N–H and O–H groups in total. The molecule has 0 aliphatic carbocycles. The first-order chi connectivity index (χ1) is 15.8. The standard InChI is InChI=1S/C21H16F6N4O3/c1-11-5-6-13(8-15(11)20(22,23)24)29-17-9-16(30-19(31-17)28-10-18(32)33)12-3-2-4-14(7-12)34-21(25,26)27/h2-9H,10H2,1H3,(H,32,33)(H2,28,29,30,31). The summed E-state index contributed by atoms with van der Waals surface area (Å²) in [4.78, 5) is 19.0. The summed E-state index contributed by atoms with van der Waals surface area (Å²) < 4.78 is 81.3. The predicted molar refractivity (Wildman–Crippen MR) is 110 cm³/mol. The van der Waals surface area contributed by atoms with Crippen molar-refractivity contribution in [3.05, 3.63) is 59.7 Å². The molecule has 0 fully saturated rings. The highest BCUT2D eigenvalue weighted by atomic mass is 19.4. The maximum Gasteiger partial charge on any atom is 0.573 e. The number of aromatic nitrogens is 2. The number of ether oxygens (including phenoxy) is 1. The van der Waals surface area contributed by atoms with Crippen LogP contribution in [-0.4, -0.2) is 34.0 Å². The second-order valence-electron chi connectivity index (χ2n) is 6.94. The third kappa shape index (κ3) is 6.73. The van der Waals surface area contributed by atoms with Gasteiger partial charge < -0.3 is 20.5 Å². The fraction of sp³-hybridized carbons (Fsp3) is 0.190. The zero-order valence-corrected chi connectivity index (χ0v) is 17.3. The normalized spacial score (nSPS) is 11.7. The van der Waals surface area contributed by atoms with Crippen LogP contribution in [-0.2, 0) is 11.0 Å². The Morgan fingerprint density at radius 1 is 1.03 bits per heavy atom. The van der Waals surface area contributed by atoms with Gasteiger partial charge in [-0.05, 0) is 36.8 Å². The molecule has 180 valence electrons. The summed E-state index contributed by atoms with van der Waals surface area (Å²) in [6.45, 7) is 0.724. The van der Waals surface area contributed by atoms with E-state index in [9.17, 15) is 31.1 Å². The number of hydrogen-bond acceptors (Lipinski definition) is 6. The van der Waals surface area contributed by atoms with Crippen LogP contribution >= 0.6 is 0 Å². The van der Waals surface area contributed by atoms with E-state index < -0.39 is 36.4 Å². The van der Waals surface area contributed by atoms with Crippen molar-refractivity contribution >= 4 is 23.4 Å². The molecule has 7 nitrogen and oxygen atoms in total. The van der Waals surface area contributed by atoms with Crippen LogP contribution in [0.5, 0.6) is 5.75 Å². The molecule has 0 spiro atoms.